The number of hydrogen-bond donors (Lipinski definition) is 1. The number of piperidine rings is 1. The van der Waals surface area contributed by atoms with Crippen LogP contribution in [0.4, 0.5) is 0 Å². The van der Waals surface area contributed by atoms with Crippen LogP contribution in [0, 0.1) is 5.92 Å². The van der Waals surface area contributed by atoms with Gasteiger partial charge in [0.05, 0.1) is 6.10 Å². The van der Waals surface area contributed by atoms with Crippen LogP contribution in [0.1, 0.15) is 64.2 Å². The van der Waals surface area contributed by atoms with Crippen LogP contribution in [0.3, 0.4) is 0 Å². The van der Waals surface area contributed by atoms with Crippen LogP contribution < -0.4 is 5.73 Å². The standard InChI is InChI=1S/C17H32N2O2/c18-11-4-14-21-16-9-12-19(13-10-16)17(20)8-7-15-5-2-1-3-6-15/h15-16H,1-14,18H2. The van der Waals surface area contributed by atoms with E-state index in [1.165, 1.54) is 32.1 Å². The Kier molecular flexibility index (Phi) is 7.51. The fourth-order valence-corrected chi connectivity index (χ4v) is 3.57. The van der Waals surface area contributed by atoms with Gasteiger partial charge in [-0.05, 0) is 38.1 Å². The van der Waals surface area contributed by atoms with Gasteiger partial charge in [0.25, 0.3) is 0 Å². The summed E-state index contributed by atoms with van der Waals surface area (Å²) in [4.78, 5) is 14.3. The van der Waals surface area contributed by atoms with E-state index in [-0.39, 0.29) is 0 Å². The van der Waals surface area contributed by atoms with E-state index in [0.717, 1.165) is 57.7 Å². The molecule has 0 aromatic carbocycles. The second kappa shape index (κ2) is 9.42. The molecule has 1 saturated heterocycles. The normalized spacial score (nSPS) is 21.7. The van der Waals surface area contributed by atoms with E-state index in [0.29, 0.717) is 18.6 Å². The summed E-state index contributed by atoms with van der Waals surface area (Å²) in [6.45, 7) is 3.20. The lowest BCUT2D eigenvalue weighted by atomic mass is 9.86. The second-order valence-electron chi connectivity index (χ2n) is 6.64. The molecule has 0 spiro atoms. The van der Waals surface area contributed by atoms with Gasteiger partial charge in [0.1, 0.15) is 0 Å². The highest BCUT2D eigenvalue weighted by atomic mass is 16.5. The molecule has 21 heavy (non-hydrogen) atoms. The maximum atomic E-state index is 12.3. The first-order chi connectivity index (χ1) is 10.3. The van der Waals surface area contributed by atoms with Gasteiger partial charge in [0.15, 0.2) is 0 Å². The van der Waals surface area contributed by atoms with Crippen molar-refractivity contribution < 1.29 is 9.53 Å². The van der Waals surface area contributed by atoms with Crippen LogP contribution in [0.5, 0.6) is 0 Å². The van der Waals surface area contributed by atoms with Gasteiger partial charge in [0.2, 0.25) is 5.91 Å². The third-order valence-electron chi connectivity index (χ3n) is 4.99. The zero-order valence-electron chi connectivity index (χ0n) is 13.4. The van der Waals surface area contributed by atoms with E-state index in [4.69, 9.17) is 10.5 Å². The minimum atomic E-state index is 0.332. The minimum Gasteiger partial charge on any atom is -0.378 e. The Bertz CT molecular complexity index is 295. The van der Waals surface area contributed by atoms with E-state index in [1.54, 1.807) is 0 Å². The minimum absolute atomic E-state index is 0.332. The van der Waals surface area contributed by atoms with Gasteiger partial charge in [-0.25, -0.2) is 0 Å². The van der Waals surface area contributed by atoms with Crippen molar-refractivity contribution in [3.63, 3.8) is 0 Å². The van der Waals surface area contributed by atoms with E-state index in [9.17, 15) is 4.79 Å². The molecule has 0 aromatic heterocycles. The zero-order chi connectivity index (χ0) is 14.9. The molecule has 0 aromatic rings. The molecule has 1 heterocycles. The molecule has 122 valence electrons. The first kappa shape index (κ1) is 16.8. The average molecular weight is 296 g/mol. The van der Waals surface area contributed by atoms with Gasteiger partial charge in [-0.3, -0.25) is 4.79 Å². The summed E-state index contributed by atoms with van der Waals surface area (Å²) >= 11 is 0. The Morgan fingerprint density at radius 2 is 1.81 bits per heavy atom. The number of carbonyl (C=O) groups is 1. The fourth-order valence-electron chi connectivity index (χ4n) is 3.57. The molecule has 2 N–H and O–H groups in total. The molecule has 1 saturated carbocycles. The Balaban J connectivity index is 1.59. The molecular weight excluding hydrogens is 264 g/mol. The number of rotatable bonds is 7. The number of nitrogens with zero attached hydrogens (tertiary/aromatic N) is 1. The molecule has 2 fully saturated rings. The highest BCUT2D eigenvalue weighted by Crippen LogP contribution is 2.27. The van der Waals surface area contributed by atoms with Gasteiger partial charge in [0, 0.05) is 26.1 Å². The van der Waals surface area contributed by atoms with Crippen LogP contribution in [-0.4, -0.2) is 43.2 Å². The third-order valence-corrected chi connectivity index (χ3v) is 4.99. The molecule has 1 aliphatic heterocycles. The number of likely N-dealkylation sites (tertiary alicyclic amines) is 1. The third kappa shape index (κ3) is 5.95. The van der Waals surface area contributed by atoms with Crippen molar-refractivity contribution in [3.8, 4) is 0 Å². The molecule has 1 aliphatic carbocycles. The molecule has 0 atom stereocenters. The smallest absolute Gasteiger partial charge is 0.222 e. The van der Waals surface area contributed by atoms with E-state index in [2.05, 4.69) is 0 Å². The molecule has 4 nitrogen and oxygen atoms in total. The molecular formula is C17H32N2O2. The van der Waals surface area contributed by atoms with Crippen molar-refractivity contribution >= 4 is 5.91 Å². The lowest BCUT2D eigenvalue weighted by Gasteiger charge is -2.32. The number of hydrogen-bond acceptors (Lipinski definition) is 3. The molecule has 2 rings (SSSR count). The van der Waals surface area contributed by atoms with Gasteiger partial charge >= 0.3 is 0 Å². The summed E-state index contributed by atoms with van der Waals surface area (Å²) in [5.74, 6) is 1.17. The highest BCUT2D eigenvalue weighted by Gasteiger charge is 2.23. The summed E-state index contributed by atoms with van der Waals surface area (Å²) in [7, 11) is 0. The fraction of sp³-hybridized carbons (Fsp3) is 0.941. The number of amides is 1. The topological polar surface area (TPSA) is 55.6 Å². The maximum absolute atomic E-state index is 12.3. The highest BCUT2D eigenvalue weighted by molar-refractivity contribution is 5.76. The Hall–Kier alpha value is -0.610. The summed E-state index contributed by atoms with van der Waals surface area (Å²) in [5.41, 5.74) is 5.47. The summed E-state index contributed by atoms with van der Waals surface area (Å²) in [6, 6.07) is 0. The molecule has 4 heteroatoms. The zero-order valence-corrected chi connectivity index (χ0v) is 13.4. The molecule has 0 radical (unpaired) electrons. The second-order valence-corrected chi connectivity index (χ2v) is 6.64. The molecule has 0 unspecified atom stereocenters. The number of nitrogens with two attached hydrogens (primary N) is 1. The lowest BCUT2D eigenvalue weighted by Crippen LogP contribution is -2.41. The van der Waals surface area contributed by atoms with Crippen LogP contribution in [-0.2, 0) is 9.53 Å². The van der Waals surface area contributed by atoms with E-state index >= 15 is 0 Å². The first-order valence-corrected chi connectivity index (χ1v) is 8.89. The van der Waals surface area contributed by atoms with Crippen molar-refractivity contribution in [2.24, 2.45) is 11.7 Å². The Labute approximate surface area is 129 Å². The Morgan fingerprint density at radius 3 is 2.48 bits per heavy atom. The van der Waals surface area contributed by atoms with Gasteiger partial charge in [-0.1, -0.05) is 32.1 Å². The average Bonchev–Trinajstić information content (AvgIpc) is 2.54. The van der Waals surface area contributed by atoms with Crippen molar-refractivity contribution in [1.82, 2.24) is 4.90 Å². The SMILES string of the molecule is NCCCOC1CCN(C(=O)CCC2CCCCC2)CC1. The number of carbonyl (C=O) groups excluding carboxylic acids is 1. The van der Waals surface area contributed by atoms with Crippen molar-refractivity contribution in [1.29, 1.82) is 0 Å². The Morgan fingerprint density at radius 1 is 1.10 bits per heavy atom. The molecule has 2 aliphatic rings. The van der Waals surface area contributed by atoms with Gasteiger partial charge < -0.3 is 15.4 Å². The monoisotopic (exact) mass is 296 g/mol. The van der Waals surface area contributed by atoms with Crippen LogP contribution in [0.25, 0.3) is 0 Å². The van der Waals surface area contributed by atoms with E-state index in [1.807, 2.05) is 4.90 Å². The van der Waals surface area contributed by atoms with Crippen molar-refractivity contribution in [3.05, 3.63) is 0 Å². The number of ether oxygens (including phenoxy) is 1. The van der Waals surface area contributed by atoms with Crippen LogP contribution in [0.15, 0.2) is 0 Å². The van der Waals surface area contributed by atoms with Crippen LogP contribution in [0.2, 0.25) is 0 Å². The predicted octanol–water partition coefficient (Wildman–Crippen LogP) is 2.70. The van der Waals surface area contributed by atoms with Crippen molar-refractivity contribution in [2.45, 2.75) is 70.3 Å². The van der Waals surface area contributed by atoms with Crippen LogP contribution >= 0.6 is 0 Å². The van der Waals surface area contributed by atoms with Gasteiger partial charge in [-0.2, -0.15) is 0 Å². The predicted molar refractivity (Wildman–Crippen MR) is 85.0 cm³/mol. The summed E-state index contributed by atoms with van der Waals surface area (Å²) < 4.78 is 5.79. The summed E-state index contributed by atoms with van der Waals surface area (Å²) in [5, 5.41) is 0. The van der Waals surface area contributed by atoms with Gasteiger partial charge in [-0.15, -0.1) is 0 Å². The maximum Gasteiger partial charge on any atom is 0.222 e. The summed E-state index contributed by atoms with van der Waals surface area (Å²) in [6.07, 6.45) is 11.9. The largest absolute Gasteiger partial charge is 0.378 e. The van der Waals surface area contributed by atoms with E-state index < -0.39 is 0 Å². The quantitative estimate of drug-likeness (QED) is 0.735. The lowest BCUT2D eigenvalue weighted by molar-refractivity contribution is -0.134. The molecule has 1 amide bonds. The first-order valence-electron chi connectivity index (χ1n) is 8.89. The van der Waals surface area contributed by atoms with Crippen molar-refractivity contribution in [2.75, 3.05) is 26.2 Å². The molecule has 0 bridgehead atoms.